The fourth-order valence-electron chi connectivity index (χ4n) is 3.40. The van der Waals surface area contributed by atoms with Gasteiger partial charge < -0.3 is 4.74 Å². The molecule has 1 saturated heterocycles. The number of ether oxygens (including phenoxy) is 1. The van der Waals surface area contributed by atoms with E-state index in [9.17, 15) is 4.39 Å². The molecule has 0 spiro atoms. The van der Waals surface area contributed by atoms with E-state index in [0.717, 1.165) is 25.2 Å². The van der Waals surface area contributed by atoms with Crippen LogP contribution >= 0.6 is 0 Å². The standard InChI is InChI=1S/C21H20FNO/c22-19-10-8-17(9-11-19)21-15-23(12-13-24-21)14-18-6-3-5-16-4-1-2-7-20(16)18/h1-11,21H,12-15H2/t21-/m0/s1. The third kappa shape index (κ3) is 3.18. The van der Waals surface area contributed by atoms with Crippen LogP contribution in [0.3, 0.4) is 0 Å². The van der Waals surface area contributed by atoms with Crippen LogP contribution < -0.4 is 0 Å². The number of morpholine rings is 1. The summed E-state index contributed by atoms with van der Waals surface area (Å²) < 4.78 is 19.0. The van der Waals surface area contributed by atoms with E-state index in [4.69, 9.17) is 4.74 Å². The Labute approximate surface area is 141 Å². The van der Waals surface area contributed by atoms with E-state index in [1.807, 2.05) is 12.1 Å². The minimum atomic E-state index is -0.206. The van der Waals surface area contributed by atoms with Crippen molar-refractivity contribution in [3.8, 4) is 0 Å². The summed E-state index contributed by atoms with van der Waals surface area (Å²) in [5, 5.41) is 2.59. The lowest BCUT2D eigenvalue weighted by molar-refractivity contribution is -0.0328. The Kier molecular flexibility index (Phi) is 4.28. The molecular weight excluding hydrogens is 301 g/mol. The molecule has 24 heavy (non-hydrogen) atoms. The van der Waals surface area contributed by atoms with Crippen LogP contribution in [0.15, 0.2) is 66.7 Å². The van der Waals surface area contributed by atoms with Gasteiger partial charge >= 0.3 is 0 Å². The molecule has 2 nitrogen and oxygen atoms in total. The second kappa shape index (κ2) is 6.71. The number of hydrogen-bond donors (Lipinski definition) is 0. The SMILES string of the molecule is Fc1ccc([C@@H]2CN(Cc3cccc4ccccc34)CCO2)cc1. The molecule has 1 atom stereocenters. The molecule has 3 heteroatoms. The molecule has 122 valence electrons. The Hall–Kier alpha value is -2.23. The first-order valence-corrected chi connectivity index (χ1v) is 8.36. The molecule has 0 radical (unpaired) electrons. The van der Waals surface area contributed by atoms with Crippen molar-refractivity contribution in [2.45, 2.75) is 12.6 Å². The summed E-state index contributed by atoms with van der Waals surface area (Å²) in [6.07, 6.45) is 0.00864. The monoisotopic (exact) mass is 321 g/mol. The highest BCUT2D eigenvalue weighted by Crippen LogP contribution is 2.25. The van der Waals surface area contributed by atoms with Gasteiger partial charge in [-0.1, -0.05) is 54.6 Å². The third-order valence-corrected chi connectivity index (χ3v) is 4.67. The number of fused-ring (bicyclic) bond motifs is 1. The molecule has 1 heterocycles. The molecule has 3 aromatic carbocycles. The zero-order valence-corrected chi connectivity index (χ0v) is 13.5. The Morgan fingerprint density at radius 1 is 0.958 bits per heavy atom. The van der Waals surface area contributed by atoms with Gasteiger partial charge in [0, 0.05) is 19.6 Å². The number of benzene rings is 3. The zero-order valence-electron chi connectivity index (χ0n) is 13.5. The highest BCUT2D eigenvalue weighted by molar-refractivity contribution is 5.85. The molecule has 0 N–H and O–H groups in total. The number of halogens is 1. The molecule has 0 bridgehead atoms. The van der Waals surface area contributed by atoms with Gasteiger partial charge in [-0.05, 0) is 34.0 Å². The van der Waals surface area contributed by atoms with E-state index in [2.05, 4.69) is 47.4 Å². The van der Waals surface area contributed by atoms with Crippen LogP contribution in [0.1, 0.15) is 17.2 Å². The summed E-state index contributed by atoms with van der Waals surface area (Å²) >= 11 is 0. The van der Waals surface area contributed by atoms with Gasteiger partial charge in [-0.15, -0.1) is 0 Å². The maximum absolute atomic E-state index is 13.1. The average Bonchev–Trinajstić information content (AvgIpc) is 2.63. The lowest BCUT2D eigenvalue weighted by Crippen LogP contribution is -2.37. The molecule has 0 unspecified atom stereocenters. The Morgan fingerprint density at radius 2 is 1.75 bits per heavy atom. The van der Waals surface area contributed by atoms with E-state index in [0.29, 0.717) is 6.61 Å². The molecule has 3 aromatic rings. The van der Waals surface area contributed by atoms with Crippen molar-refractivity contribution in [2.75, 3.05) is 19.7 Å². The largest absolute Gasteiger partial charge is 0.371 e. The molecular formula is C21H20FNO. The van der Waals surface area contributed by atoms with E-state index < -0.39 is 0 Å². The lowest BCUT2D eigenvalue weighted by Gasteiger charge is -2.33. The summed E-state index contributed by atoms with van der Waals surface area (Å²) in [5.74, 6) is -0.206. The molecule has 0 aromatic heterocycles. The van der Waals surface area contributed by atoms with Gasteiger partial charge in [-0.25, -0.2) is 4.39 Å². The van der Waals surface area contributed by atoms with Gasteiger partial charge in [0.05, 0.1) is 12.7 Å². The van der Waals surface area contributed by atoms with Crippen molar-refractivity contribution < 1.29 is 9.13 Å². The molecule has 1 fully saturated rings. The smallest absolute Gasteiger partial charge is 0.123 e. The van der Waals surface area contributed by atoms with E-state index in [-0.39, 0.29) is 11.9 Å². The second-order valence-electron chi connectivity index (χ2n) is 6.28. The maximum atomic E-state index is 13.1. The molecule has 0 amide bonds. The maximum Gasteiger partial charge on any atom is 0.123 e. The van der Waals surface area contributed by atoms with Crippen molar-refractivity contribution in [1.82, 2.24) is 4.90 Å². The molecule has 0 saturated carbocycles. The van der Waals surface area contributed by atoms with Crippen LogP contribution in [0.2, 0.25) is 0 Å². The van der Waals surface area contributed by atoms with Gasteiger partial charge in [0.25, 0.3) is 0 Å². The number of nitrogens with zero attached hydrogens (tertiary/aromatic N) is 1. The number of hydrogen-bond acceptors (Lipinski definition) is 2. The van der Waals surface area contributed by atoms with Crippen LogP contribution in [0, 0.1) is 5.82 Å². The summed E-state index contributed by atoms with van der Waals surface area (Å²) in [4.78, 5) is 2.42. The lowest BCUT2D eigenvalue weighted by atomic mass is 10.0. The van der Waals surface area contributed by atoms with Crippen molar-refractivity contribution in [2.24, 2.45) is 0 Å². The Balaban J connectivity index is 1.53. The van der Waals surface area contributed by atoms with Crippen molar-refractivity contribution in [3.05, 3.63) is 83.7 Å². The summed E-state index contributed by atoms with van der Waals surface area (Å²) in [5.41, 5.74) is 2.38. The van der Waals surface area contributed by atoms with Crippen molar-refractivity contribution >= 4 is 10.8 Å². The number of rotatable bonds is 3. The average molecular weight is 321 g/mol. The van der Waals surface area contributed by atoms with Gasteiger partial charge in [0.2, 0.25) is 0 Å². The summed E-state index contributed by atoms with van der Waals surface area (Å²) in [6.45, 7) is 3.35. The normalized spacial score (nSPS) is 18.8. The predicted octanol–water partition coefficient (Wildman–Crippen LogP) is 4.55. The van der Waals surface area contributed by atoms with Crippen LogP contribution in [0.5, 0.6) is 0 Å². The molecule has 1 aliphatic heterocycles. The Bertz CT molecular complexity index is 825. The zero-order chi connectivity index (χ0) is 16.4. The predicted molar refractivity (Wildman–Crippen MR) is 94.3 cm³/mol. The second-order valence-corrected chi connectivity index (χ2v) is 6.28. The first kappa shape index (κ1) is 15.3. The highest BCUT2D eigenvalue weighted by atomic mass is 19.1. The van der Waals surface area contributed by atoms with Crippen molar-refractivity contribution in [3.63, 3.8) is 0 Å². The van der Waals surface area contributed by atoms with Crippen LogP contribution in [-0.4, -0.2) is 24.6 Å². The topological polar surface area (TPSA) is 12.5 Å². The summed E-state index contributed by atoms with van der Waals surface area (Å²) in [7, 11) is 0. The minimum Gasteiger partial charge on any atom is -0.371 e. The van der Waals surface area contributed by atoms with E-state index >= 15 is 0 Å². The fraction of sp³-hybridized carbons (Fsp3) is 0.238. The summed E-state index contributed by atoms with van der Waals surface area (Å²) in [6, 6.07) is 21.6. The van der Waals surface area contributed by atoms with Crippen LogP contribution in [0.4, 0.5) is 4.39 Å². The van der Waals surface area contributed by atoms with Gasteiger partial charge in [-0.2, -0.15) is 0 Å². The Morgan fingerprint density at radius 3 is 2.62 bits per heavy atom. The third-order valence-electron chi connectivity index (χ3n) is 4.67. The molecule has 1 aliphatic rings. The van der Waals surface area contributed by atoms with E-state index in [1.54, 1.807) is 0 Å². The van der Waals surface area contributed by atoms with Crippen molar-refractivity contribution in [1.29, 1.82) is 0 Å². The van der Waals surface area contributed by atoms with Gasteiger partial charge in [0.1, 0.15) is 5.82 Å². The van der Waals surface area contributed by atoms with Gasteiger partial charge in [0.15, 0.2) is 0 Å². The first-order valence-electron chi connectivity index (χ1n) is 8.36. The first-order chi connectivity index (χ1) is 11.8. The van der Waals surface area contributed by atoms with Crippen LogP contribution in [-0.2, 0) is 11.3 Å². The quantitative estimate of drug-likeness (QED) is 0.701. The fourth-order valence-corrected chi connectivity index (χ4v) is 3.40. The van der Waals surface area contributed by atoms with Crippen LogP contribution in [0.25, 0.3) is 10.8 Å². The van der Waals surface area contributed by atoms with E-state index in [1.165, 1.54) is 28.5 Å². The minimum absolute atomic E-state index is 0.00864. The molecule has 4 rings (SSSR count). The highest BCUT2D eigenvalue weighted by Gasteiger charge is 2.22. The van der Waals surface area contributed by atoms with Gasteiger partial charge in [-0.3, -0.25) is 4.90 Å². The molecule has 0 aliphatic carbocycles.